The summed E-state index contributed by atoms with van der Waals surface area (Å²) in [7, 11) is 0. The molecule has 78 valence electrons. The van der Waals surface area contributed by atoms with Crippen molar-refractivity contribution in [1.82, 2.24) is 9.55 Å². The largest absolute Gasteiger partial charge is 0.337 e. The number of nitrogens with one attached hydrogen (secondary N) is 1. The molecule has 0 atom stereocenters. The van der Waals surface area contributed by atoms with Crippen molar-refractivity contribution in [2.45, 2.75) is 51.5 Å². The molecule has 1 saturated carbocycles. The van der Waals surface area contributed by atoms with E-state index >= 15 is 0 Å². The summed E-state index contributed by atoms with van der Waals surface area (Å²) in [6.07, 6.45) is 5.93. The molecule has 1 heterocycles. The number of hydrogen-bond acceptors (Lipinski definition) is 1. The third kappa shape index (κ3) is 1.34. The first-order valence-corrected chi connectivity index (χ1v) is 5.76. The smallest absolute Gasteiger partial charge is 0.177 e. The molecule has 1 aliphatic rings. The average Bonchev–Trinajstić information content (AvgIpc) is 2.43. The van der Waals surface area contributed by atoms with Crippen LogP contribution < -0.4 is 0 Å². The van der Waals surface area contributed by atoms with Crippen LogP contribution in [0.5, 0.6) is 0 Å². The molecule has 3 heteroatoms. The maximum Gasteiger partial charge on any atom is 0.177 e. The highest BCUT2D eigenvalue weighted by Gasteiger charge is 2.35. The first-order chi connectivity index (χ1) is 6.54. The molecule has 0 bridgehead atoms. The molecule has 0 amide bonds. The number of aromatic amines is 1. The van der Waals surface area contributed by atoms with E-state index in [4.69, 9.17) is 12.2 Å². The van der Waals surface area contributed by atoms with Crippen LogP contribution in [0.2, 0.25) is 0 Å². The Morgan fingerprint density at radius 1 is 1.50 bits per heavy atom. The van der Waals surface area contributed by atoms with Crippen LogP contribution >= 0.6 is 12.2 Å². The van der Waals surface area contributed by atoms with Crippen molar-refractivity contribution in [3.8, 4) is 0 Å². The molecule has 0 saturated heterocycles. The van der Waals surface area contributed by atoms with E-state index in [9.17, 15) is 0 Å². The van der Waals surface area contributed by atoms with E-state index in [2.05, 4.69) is 36.5 Å². The first-order valence-electron chi connectivity index (χ1n) is 5.35. The predicted molar refractivity (Wildman–Crippen MR) is 61.2 cm³/mol. The molecule has 1 aliphatic carbocycles. The van der Waals surface area contributed by atoms with Gasteiger partial charge in [0.1, 0.15) is 0 Å². The number of imidazole rings is 1. The Kier molecular flexibility index (Phi) is 2.30. The molecule has 0 radical (unpaired) electrons. The Morgan fingerprint density at radius 2 is 2.14 bits per heavy atom. The predicted octanol–water partition coefficient (Wildman–Crippen LogP) is 3.57. The average molecular weight is 210 g/mol. The molecule has 1 N–H and O–H groups in total. The summed E-state index contributed by atoms with van der Waals surface area (Å²) in [6.45, 7) is 6.75. The topological polar surface area (TPSA) is 20.7 Å². The van der Waals surface area contributed by atoms with E-state index in [1.807, 2.05) is 0 Å². The zero-order valence-corrected chi connectivity index (χ0v) is 9.95. The van der Waals surface area contributed by atoms with Crippen LogP contribution in [-0.2, 0) is 5.54 Å². The molecule has 0 aliphatic heterocycles. The lowest BCUT2D eigenvalue weighted by Gasteiger charge is -2.41. The number of H-pyrrole nitrogens is 1. The molecule has 1 fully saturated rings. The van der Waals surface area contributed by atoms with Crippen LogP contribution in [0, 0.1) is 4.77 Å². The molecule has 1 aromatic rings. The third-order valence-electron chi connectivity index (χ3n) is 3.37. The molecule has 1 aromatic heterocycles. The third-order valence-corrected chi connectivity index (χ3v) is 3.67. The second kappa shape index (κ2) is 3.23. The molecule has 14 heavy (non-hydrogen) atoms. The minimum absolute atomic E-state index is 0.288. The highest BCUT2D eigenvalue weighted by Crippen LogP contribution is 2.40. The molecular formula is C11H18N2S. The van der Waals surface area contributed by atoms with Gasteiger partial charge in [-0.15, -0.1) is 0 Å². The van der Waals surface area contributed by atoms with Crippen molar-refractivity contribution in [3.05, 3.63) is 16.7 Å². The lowest BCUT2D eigenvalue weighted by molar-refractivity contribution is 0.160. The quantitative estimate of drug-likeness (QED) is 0.740. The zero-order valence-electron chi connectivity index (χ0n) is 9.13. The summed E-state index contributed by atoms with van der Waals surface area (Å²) >= 11 is 5.35. The second-order valence-electron chi connectivity index (χ2n) is 4.86. The van der Waals surface area contributed by atoms with E-state index in [0.717, 1.165) is 4.77 Å². The van der Waals surface area contributed by atoms with Gasteiger partial charge in [0.25, 0.3) is 0 Å². The van der Waals surface area contributed by atoms with Gasteiger partial charge in [-0.2, -0.15) is 0 Å². The van der Waals surface area contributed by atoms with E-state index in [0.29, 0.717) is 5.92 Å². The van der Waals surface area contributed by atoms with Gasteiger partial charge < -0.3 is 9.55 Å². The second-order valence-corrected chi connectivity index (χ2v) is 5.25. The Morgan fingerprint density at radius 3 is 2.57 bits per heavy atom. The number of aromatic nitrogens is 2. The summed E-state index contributed by atoms with van der Waals surface area (Å²) in [6, 6.07) is 0. The monoisotopic (exact) mass is 210 g/mol. The molecule has 0 aromatic carbocycles. The van der Waals surface area contributed by atoms with Crippen molar-refractivity contribution in [2.75, 3.05) is 0 Å². The Bertz CT molecular complexity index is 382. The van der Waals surface area contributed by atoms with Gasteiger partial charge in [-0.05, 0) is 44.3 Å². The SMILES string of the molecule is CC(C)c1c[nH]c(=S)n1C1(C)CCC1. The van der Waals surface area contributed by atoms with Crippen LogP contribution in [-0.4, -0.2) is 9.55 Å². The highest BCUT2D eigenvalue weighted by atomic mass is 32.1. The standard InChI is InChI=1S/C11H18N2S/c1-8(2)9-7-12-10(14)13(9)11(3)5-4-6-11/h7-8H,4-6H2,1-3H3,(H,12,14). The molecule has 2 nitrogen and oxygen atoms in total. The van der Waals surface area contributed by atoms with E-state index in [-0.39, 0.29) is 5.54 Å². The van der Waals surface area contributed by atoms with Crippen LogP contribution in [0.3, 0.4) is 0 Å². The van der Waals surface area contributed by atoms with Gasteiger partial charge in [0, 0.05) is 17.4 Å². The van der Waals surface area contributed by atoms with Crippen LogP contribution in [0.15, 0.2) is 6.20 Å². The summed E-state index contributed by atoms with van der Waals surface area (Å²) in [5, 5.41) is 0. The zero-order chi connectivity index (χ0) is 10.3. The van der Waals surface area contributed by atoms with Crippen molar-refractivity contribution in [2.24, 2.45) is 0 Å². The van der Waals surface area contributed by atoms with Crippen LogP contribution in [0.4, 0.5) is 0 Å². The van der Waals surface area contributed by atoms with Crippen molar-refractivity contribution in [3.63, 3.8) is 0 Å². The molecule has 0 unspecified atom stereocenters. The van der Waals surface area contributed by atoms with Gasteiger partial charge in [0.05, 0.1) is 0 Å². The number of rotatable bonds is 2. The van der Waals surface area contributed by atoms with Gasteiger partial charge in [-0.3, -0.25) is 0 Å². The fraction of sp³-hybridized carbons (Fsp3) is 0.727. The molecule has 2 rings (SSSR count). The summed E-state index contributed by atoms with van der Waals surface area (Å²) in [4.78, 5) is 3.17. The number of nitrogens with zero attached hydrogens (tertiary/aromatic N) is 1. The van der Waals surface area contributed by atoms with Crippen LogP contribution in [0.1, 0.15) is 51.6 Å². The van der Waals surface area contributed by atoms with Crippen LogP contribution in [0.25, 0.3) is 0 Å². The van der Waals surface area contributed by atoms with Crippen molar-refractivity contribution >= 4 is 12.2 Å². The highest BCUT2D eigenvalue weighted by molar-refractivity contribution is 7.71. The maximum atomic E-state index is 5.35. The number of hydrogen-bond donors (Lipinski definition) is 1. The van der Waals surface area contributed by atoms with Gasteiger partial charge in [-0.1, -0.05) is 13.8 Å². The first kappa shape index (κ1) is 9.97. The van der Waals surface area contributed by atoms with Crippen molar-refractivity contribution < 1.29 is 0 Å². The van der Waals surface area contributed by atoms with E-state index in [1.54, 1.807) is 0 Å². The fourth-order valence-electron chi connectivity index (χ4n) is 2.28. The van der Waals surface area contributed by atoms with E-state index < -0.39 is 0 Å². The lowest BCUT2D eigenvalue weighted by atomic mass is 9.78. The van der Waals surface area contributed by atoms with Gasteiger partial charge in [-0.25, -0.2) is 0 Å². The fourth-order valence-corrected chi connectivity index (χ4v) is 2.66. The van der Waals surface area contributed by atoms with Gasteiger partial charge >= 0.3 is 0 Å². The maximum absolute atomic E-state index is 5.35. The summed E-state index contributed by atoms with van der Waals surface area (Å²) in [5.41, 5.74) is 1.63. The van der Waals surface area contributed by atoms with Crippen molar-refractivity contribution in [1.29, 1.82) is 0 Å². The van der Waals surface area contributed by atoms with Gasteiger partial charge in [0.2, 0.25) is 0 Å². The Labute approximate surface area is 90.3 Å². The normalized spacial score (nSPS) is 19.7. The Hall–Kier alpha value is -0.570. The lowest BCUT2D eigenvalue weighted by Crippen LogP contribution is -2.38. The summed E-state index contributed by atoms with van der Waals surface area (Å²) < 4.78 is 3.21. The van der Waals surface area contributed by atoms with Gasteiger partial charge in [0.15, 0.2) is 4.77 Å². The Balaban J connectivity index is 2.50. The molecular weight excluding hydrogens is 192 g/mol. The molecule has 0 spiro atoms. The van der Waals surface area contributed by atoms with E-state index in [1.165, 1.54) is 25.0 Å². The minimum Gasteiger partial charge on any atom is -0.337 e. The minimum atomic E-state index is 0.288. The summed E-state index contributed by atoms with van der Waals surface area (Å²) in [5.74, 6) is 0.542.